The molecule has 0 bridgehead atoms. The molecule has 0 spiro atoms. The number of rotatable bonds is 8. The molecule has 0 aliphatic heterocycles. The molecule has 0 aliphatic carbocycles. The van der Waals surface area contributed by atoms with Gasteiger partial charge in [-0.3, -0.25) is 0 Å². The summed E-state index contributed by atoms with van der Waals surface area (Å²) < 4.78 is 5.12. The van der Waals surface area contributed by atoms with Crippen molar-refractivity contribution in [3.63, 3.8) is 0 Å². The Morgan fingerprint density at radius 2 is 2.08 bits per heavy atom. The van der Waals surface area contributed by atoms with Gasteiger partial charge in [-0.1, -0.05) is 17.3 Å². The van der Waals surface area contributed by atoms with Crippen molar-refractivity contribution >= 4 is 41.7 Å². The first kappa shape index (κ1) is 22.8. The van der Waals surface area contributed by atoms with Crippen LogP contribution in [0.25, 0.3) is 0 Å². The van der Waals surface area contributed by atoms with Gasteiger partial charge in [0.05, 0.1) is 6.54 Å². The van der Waals surface area contributed by atoms with Gasteiger partial charge in [0, 0.05) is 24.4 Å². The van der Waals surface area contributed by atoms with E-state index in [4.69, 9.17) is 9.52 Å². The molecule has 26 heavy (non-hydrogen) atoms. The summed E-state index contributed by atoms with van der Waals surface area (Å²) in [4.78, 5) is 10.2. The summed E-state index contributed by atoms with van der Waals surface area (Å²) in [5.41, 5.74) is 2.52. The average molecular weight is 489 g/mol. The lowest BCUT2D eigenvalue weighted by Crippen LogP contribution is -2.37. The highest BCUT2D eigenvalue weighted by atomic mass is 127. The number of halogens is 1. The third-order valence-electron chi connectivity index (χ3n) is 3.62. The monoisotopic (exact) mass is 489 g/mol. The summed E-state index contributed by atoms with van der Waals surface area (Å²) in [6.45, 7) is 8.30. The molecule has 8 heteroatoms. The summed E-state index contributed by atoms with van der Waals surface area (Å²) in [5.74, 6) is 2.20. The quantitative estimate of drug-likeness (QED) is 0.194. The first-order chi connectivity index (χ1) is 12.1. The molecule has 2 aromatic rings. The van der Waals surface area contributed by atoms with Gasteiger partial charge in [0.15, 0.2) is 11.8 Å². The number of hydrogen-bond acceptors (Lipinski definition) is 5. The second-order valence-electron chi connectivity index (χ2n) is 5.78. The van der Waals surface area contributed by atoms with Crippen molar-refractivity contribution in [3.05, 3.63) is 41.0 Å². The van der Waals surface area contributed by atoms with Crippen molar-refractivity contribution in [1.29, 1.82) is 0 Å². The molecule has 2 rings (SSSR count). The van der Waals surface area contributed by atoms with E-state index >= 15 is 0 Å². The van der Waals surface area contributed by atoms with Crippen molar-refractivity contribution in [2.45, 2.75) is 45.1 Å². The van der Waals surface area contributed by atoms with E-state index < -0.39 is 0 Å². The maximum absolute atomic E-state index is 5.12. The number of hydrogen-bond donors (Lipinski definition) is 2. The van der Waals surface area contributed by atoms with Crippen LogP contribution in [0.2, 0.25) is 0 Å². The third-order valence-corrected chi connectivity index (χ3v) is 4.44. The molecule has 1 aromatic heterocycles. The zero-order chi connectivity index (χ0) is 18.1. The Labute approximate surface area is 177 Å². The van der Waals surface area contributed by atoms with Crippen LogP contribution in [0, 0.1) is 13.8 Å². The van der Waals surface area contributed by atoms with E-state index in [1.165, 1.54) is 16.0 Å². The Morgan fingerprint density at radius 3 is 2.73 bits per heavy atom. The van der Waals surface area contributed by atoms with Crippen molar-refractivity contribution in [1.82, 2.24) is 20.8 Å². The van der Waals surface area contributed by atoms with Crippen molar-refractivity contribution in [2.24, 2.45) is 4.99 Å². The van der Waals surface area contributed by atoms with Crippen LogP contribution in [0.15, 0.2) is 32.6 Å². The first-order valence-electron chi connectivity index (χ1n) is 8.57. The summed E-state index contributed by atoms with van der Waals surface area (Å²) in [5, 5.41) is 10.4. The molecule has 1 aromatic carbocycles. The number of nitrogens with zero attached hydrogens (tertiary/aromatic N) is 3. The fourth-order valence-corrected chi connectivity index (χ4v) is 3.07. The smallest absolute Gasteiger partial charge is 0.226 e. The number of nitrogens with one attached hydrogen (secondary N) is 2. The van der Waals surface area contributed by atoms with Gasteiger partial charge in [-0.15, -0.1) is 35.7 Å². The molecule has 0 unspecified atom stereocenters. The number of aryl methyl sites for hydroxylation is 3. The molecule has 0 amide bonds. The molecule has 0 saturated carbocycles. The van der Waals surface area contributed by atoms with Crippen molar-refractivity contribution in [3.8, 4) is 0 Å². The number of aromatic nitrogens is 2. The first-order valence-corrected chi connectivity index (χ1v) is 9.79. The van der Waals surface area contributed by atoms with Gasteiger partial charge in [-0.25, -0.2) is 4.99 Å². The maximum atomic E-state index is 5.12. The highest BCUT2D eigenvalue weighted by molar-refractivity contribution is 14.0. The SMILES string of the molecule is CCNC(=NCc1ccc(C)cc1SC)NCCCc1nc(C)no1.I. The summed E-state index contributed by atoms with van der Waals surface area (Å²) in [6.07, 6.45) is 3.78. The molecule has 6 nitrogen and oxygen atoms in total. The van der Waals surface area contributed by atoms with Crippen LogP contribution in [-0.2, 0) is 13.0 Å². The van der Waals surface area contributed by atoms with E-state index in [1.807, 2.05) is 6.92 Å². The third kappa shape index (κ3) is 7.53. The molecule has 144 valence electrons. The van der Waals surface area contributed by atoms with Crippen LogP contribution in [0.3, 0.4) is 0 Å². The largest absolute Gasteiger partial charge is 0.357 e. The highest BCUT2D eigenvalue weighted by Crippen LogP contribution is 2.22. The second kappa shape index (κ2) is 12.2. The predicted octanol–water partition coefficient (Wildman–Crippen LogP) is 3.71. The molecular formula is C18H28IN5OS. The minimum absolute atomic E-state index is 0. The lowest BCUT2D eigenvalue weighted by molar-refractivity contribution is 0.372. The van der Waals surface area contributed by atoms with Gasteiger partial charge in [0.25, 0.3) is 0 Å². The number of benzene rings is 1. The Bertz CT molecular complexity index is 705. The van der Waals surface area contributed by atoms with E-state index in [1.54, 1.807) is 11.8 Å². The zero-order valence-corrected chi connectivity index (χ0v) is 19.0. The van der Waals surface area contributed by atoms with Gasteiger partial charge in [0.2, 0.25) is 5.89 Å². The van der Waals surface area contributed by atoms with Crippen molar-refractivity contribution in [2.75, 3.05) is 19.3 Å². The molecule has 0 radical (unpaired) electrons. The van der Waals surface area contributed by atoms with Crippen LogP contribution in [0.5, 0.6) is 0 Å². The Hall–Kier alpha value is -1.29. The van der Waals surface area contributed by atoms with Crippen molar-refractivity contribution < 1.29 is 4.52 Å². The molecule has 0 saturated heterocycles. The molecular weight excluding hydrogens is 461 g/mol. The predicted molar refractivity (Wildman–Crippen MR) is 119 cm³/mol. The standard InChI is InChI=1S/C18H27N5OS.HI/c1-5-19-18(20-10-6-7-17-22-14(3)23-24-17)21-12-15-9-8-13(2)11-16(15)25-4;/h8-9,11H,5-7,10,12H2,1-4H3,(H2,19,20,21);1H. The van der Waals surface area contributed by atoms with E-state index in [2.05, 4.69) is 59.1 Å². The van der Waals surface area contributed by atoms with Gasteiger partial charge in [-0.2, -0.15) is 4.98 Å². The molecule has 0 fully saturated rings. The lowest BCUT2D eigenvalue weighted by Gasteiger charge is -2.12. The fraction of sp³-hybridized carbons (Fsp3) is 0.500. The van der Waals surface area contributed by atoms with Crippen LogP contribution < -0.4 is 10.6 Å². The highest BCUT2D eigenvalue weighted by Gasteiger charge is 2.04. The van der Waals surface area contributed by atoms with E-state index in [-0.39, 0.29) is 24.0 Å². The van der Waals surface area contributed by atoms with Gasteiger partial charge in [-0.05, 0) is 50.6 Å². The fourth-order valence-electron chi connectivity index (χ4n) is 2.38. The number of thioether (sulfide) groups is 1. The van der Waals surface area contributed by atoms with Crippen LogP contribution in [0.4, 0.5) is 0 Å². The lowest BCUT2D eigenvalue weighted by atomic mass is 10.1. The van der Waals surface area contributed by atoms with Gasteiger partial charge in [0.1, 0.15) is 0 Å². The molecule has 0 aliphatic rings. The minimum atomic E-state index is 0. The average Bonchev–Trinajstić information content (AvgIpc) is 3.02. The van der Waals surface area contributed by atoms with Crippen LogP contribution >= 0.6 is 35.7 Å². The molecule has 0 atom stereocenters. The van der Waals surface area contributed by atoms with Gasteiger partial charge < -0.3 is 15.2 Å². The topological polar surface area (TPSA) is 75.3 Å². The Kier molecular flexibility index (Phi) is 10.6. The van der Waals surface area contributed by atoms with E-state index in [9.17, 15) is 0 Å². The Balaban J connectivity index is 0.00000338. The minimum Gasteiger partial charge on any atom is -0.357 e. The van der Waals surface area contributed by atoms with E-state index in [0.717, 1.165) is 31.9 Å². The second-order valence-corrected chi connectivity index (χ2v) is 6.62. The van der Waals surface area contributed by atoms with Crippen LogP contribution in [0.1, 0.15) is 36.2 Å². The summed E-state index contributed by atoms with van der Waals surface area (Å²) >= 11 is 1.76. The summed E-state index contributed by atoms with van der Waals surface area (Å²) in [7, 11) is 0. The van der Waals surface area contributed by atoms with E-state index in [0.29, 0.717) is 18.3 Å². The molecule has 2 N–H and O–H groups in total. The normalized spacial score (nSPS) is 11.2. The number of guanidine groups is 1. The number of aliphatic imine (C=N–C) groups is 1. The molecule has 1 heterocycles. The maximum Gasteiger partial charge on any atom is 0.226 e. The van der Waals surface area contributed by atoms with Crippen LogP contribution in [-0.4, -0.2) is 35.4 Å². The zero-order valence-electron chi connectivity index (χ0n) is 15.8. The summed E-state index contributed by atoms with van der Waals surface area (Å²) in [6, 6.07) is 6.51. The Morgan fingerprint density at radius 1 is 1.27 bits per heavy atom. The van der Waals surface area contributed by atoms with Gasteiger partial charge >= 0.3 is 0 Å².